The number of fused-ring (bicyclic) bond motifs is 2. The number of hydrogen-bond donors (Lipinski definition) is 2. The molecule has 2 aromatic rings. The van der Waals surface area contributed by atoms with Gasteiger partial charge in [-0.15, -0.1) is 0 Å². The molecule has 126 valence electrons. The summed E-state index contributed by atoms with van der Waals surface area (Å²) in [6, 6.07) is 5.59. The lowest BCUT2D eigenvalue weighted by Gasteiger charge is -2.23. The van der Waals surface area contributed by atoms with Crippen molar-refractivity contribution in [1.29, 1.82) is 0 Å². The fourth-order valence-electron chi connectivity index (χ4n) is 4.20. The average molecular weight is 328 g/mol. The summed E-state index contributed by atoms with van der Waals surface area (Å²) in [4.78, 5) is 25.8. The third kappa shape index (κ3) is 2.23. The molecular formula is C17H20N4O3. The van der Waals surface area contributed by atoms with Gasteiger partial charge < -0.3 is 15.3 Å². The first-order valence-electron chi connectivity index (χ1n) is 8.27. The van der Waals surface area contributed by atoms with Crippen LogP contribution in [0.5, 0.6) is 0 Å². The summed E-state index contributed by atoms with van der Waals surface area (Å²) >= 11 is 0. The van der Waals surface area contributed by atoms with E-state index in [4.69, 9.17) is 0 Å². The number of carboxylic acids is 1. The first-order valence-corrected chi connectivity index (χ1v) is 8.27. The Balaban J connectivity index is 1.43. The number of carbonyl (C=O) groups excluding carboxylic acids is 1. The lowest BCUT2D eigenvalue weighted by atomic mass is 9.81. The lowest BCUT2D eigenvalue weighted by Crippen LogP contribution is -2.41. The van der Waals surface area contributed by atoms with Crippen LogP contribution in [0.15, 0.2) is 30.6 Å². The Labute approximate surface area is 139 Å². The molecule has 3 heterocycles. The molecule has 24 heavy (non-hydrogen) atoms. The first-order chi connectivity index (χ1) is 11.6. The van der Waals surface area contributed by atoms with Gasteiger partial charge in [0.1, 0.15) is 0 Å². The Morgan fingerprint density at radius 3 is 3.08 bits per heavy atom. The second-order valence-corrected chi connectivity index (χ2v) is 6.79. The van der Waals surface area contributed by atoms with E-state index in [-0.39, 0.29) is 11.9 Å². The highest BCUT2D eigenvalue weighted by atomic mass is 16.4. The Morgan fingerprint density at radius 2 is 2.29 bits per heavy atom. The lowest BCUT2D eigenvalue weighted by molar-refractivity contribution is -0.149. The SMILES string of the molecule is O=C(NCc1cnn2ccccc12)N1C[C@@H]2CCC[C@@]2(C(=O)O)C1. The van der Waals surface area contributed by atoms with E-state index in [2.05, 4.69) is 10.4 Å². The molecule has 0 bridgehead atoms. The molecule has 0 aromatic carbocycles. The second-order valence-electron chi connectivity index (χ2n) is 6.79. The number of aromatic nitrogens is 2. The number of urea groups is 1. The number of carboxylic acid groups (broad SMARTS) is 1. The van der Waals surface area contributed by atoms with Gasteiger partial charge in [-0.2, -0.15) is 5.10 Å². The summed E-state index contributed by atoms with van der Waals surface area (Å²) in [7, 11) is 0. The molecule has 0 spiro atoms. The highest BCUT2D eigenvalue weighted by molar-refractivity contribution is 5.80. The van der Waals surface area contributed by atoms with Gasteiger partial charge in [0.25, 0.3) is 0 Å². The maximum atomic E-state index is 12.5. The van der Waals surface area contributed by atoms with Gasteiger partial charge in [-0.25, -0.2) is 9.31 Å². The van der Waals surface area contributed by atoms with Crippen LogP contribution in [0.1, 0.15) is 24.8 Å². The minimum absolute atomic E-state index is 0.0812. The van der Waals surface area contributed by atoms with Crippen LogP contribution in [0.25, 0.3) is 5.52 Å². The molecule has 2 aromatic heterocycles. The number of carbonyl (C=O) groups is 2. The van der Waals surface area contributed by atoms with Gasteiger partial charge in [0.15, 0.2) is 0 Å². The van der Waals surface area contributed by atoms with Gasteiger partial charge in [-0.1, -0.05) is 12.5 Å². The number of likely N-dealkylation sites (tertiary alicyclic amines) is 1. The van der Waals surface area contributed by atoms with Crippen molar-refractivity contribution >= 4 is 17.5 Å². The zero-order valence-electron chi connectivity index (χ0n) is 13.3. The van der Waals surface area contributed by atoms with E-state index in [9.17, 15) is 14.7 Å². The predicted molar refractivity (Wildman–Crippen MR) is 86.4 cm³/mol. The molecule has 1 aliphatic carbocycles. The summed E-state index contributed by atoms with van der Waals surface area (Å²) in [5.74, 6) is -0.680. The number of amides is 2. The van der Waals surface area contributed by atoms with Crippen molar-refractivity contribution in [2.45, 2.75) is 25.8 Å². The van der Waals surface area contributed by atoms with Crippen molar-refractivity contribution in [2.75, 3.05) is 13.1 Å². The molecule has 2 amide bonds. The van der Waals surface area contributed by atoms with Gasteiger partial charge in [-0.3, -0.25) is 4.79 Å². The van der Waals surface area contributed by atoms with E-state index in [0.29, 0.717) is 26.1 Å². The van der Waals surface area contributed by atoms with Crippen LogP contribution in [-0.4, -0.2) is 44.7 Å². The van der Waals surface area contributed by atoms with Crippen LogP contribution in [-0.2, 0) is 11.3 Å². The second kappa shape index (κ2) is 5.51. The van der Waals surface area contributed by atoms with Crippen LogP contribution >= 0.6 is 0 Å². The zero-order chi connectivity index (χ0) is 16.7. The Kier molecular flexibility index (Phi) is 3.44. The van der Waals surface area contributed by atoms with Crippen molar-refractivity contribution < 1.29 is 14.7 Å². The molecule has 2 N–H and O–H groups in total. The molecule has 7 heteroatoms. The van der Waals surface area contributed by atoms with E-state index in [1.807, 2.05) is 24.4 Å². The van der Waals surface area contributed by atoms with Gasteiger partial charge in [0.05, 0.1) is 17.1 Å². The van der Waals surface area contributed by atoms with Crippen molar-refractivity contribution in [1.82, 2.24) is 19.8 Å². The molecule has 1 saturated carbocycles. The summed E-state index contributed by atoms with van der Waals surface area (Å²) < 4.78 is 1.77. The number of rotatable bonds is 3. The van der Waals surface area contributed by atoms with E-state index >= 15 is 0 Å². The van der Waals surface area contributed by atoms with E-state index in [1.165, 1.54) is 0 Å². The van der Waals surface area contributed by atoms with Crippen LogP contribution < -0.4 is 5.32 Å². The summed E-state index contributed by atoms with van der Waals surface area (Å²) in [5.41, 5.74) is 1.16. The average Bonchev–Trinajstić information content (AvgIpc) is 3.25. The monoisotopic (exact) mass is 328 g/mol. The maximum absolute atomic E-state index is 12.5. The molecule has 0 radical (unpaired) electrons. The van der Waals surface area contributed by atoms with E-state index in [1.54, 1.807) is 15.6 Å². The highest BCUT2D eigenvalue weighted by Crippen LogP contribution is 2.48. The van der Waals surface area contributed by atoms with E-state index in [0.717, 1.165) is 23.9 Å². The molecule has 2 atom stereocenters. The normalized spacial score (nSPS) is 25.8. The molecule has 4 rings (SSSR count). The van der Waals surface area contributed by atoms with Crippen LogP contribution in [0.3, 0.4) is 0 Å². The number of nitrogens with zero attached hydrogens (tertiary/aromatic N) is 3. The Morgan fingerprint density at radius 1 is 1.42 bits per heavy atom. The highest BCUT2D eigenvalue weighted by Gasteiger charge is 2.55. The smallest absolute Gasteiger partial charge is 0.317 e. The Bertz CT molecular complexity index is 802. The molecule has 0 unspecified atom stereocenters. The van der Waals surface area contributed by atoms with Crippen molar-refractivity contribution in [3.05, 3.63) is 36.2 Å². The Hall–Kier alpha value is -2.57. The zero-order valence-corrected chi connectivity index (χ0v) is 13.3. The number of pyridine rings is 1. The van der Waals surface area contributed by atoms with Gasteiger partial charge >= 0.3 is 12.0 Å². The van der Waals surface area contributed by atoms with Crippen LogP contribution in [0.4, 0.5) is 4.79 Å². The standard InChI is InChI=1S/C17H20N4O3/c22-15(23)17-6-3-4-13(17)10-20(11-17)16(24)18-8-12-9-19-21-7-2-1-5-14(12)21/h1-2,5,7,9,13H,3-4,6,8,10-11H2,(H,18,24)(H,22,23)/t13-,17+/m0/s1. The van der Waals surface area contributed by atoms with Crippen LogP contribution in [0, 0.1) is 11.3 Å². The van der Waals surface area contributed by atoms with E-state index < -0.39 is 11.4 Å². The third-order valence-corrected chi connectivity index (χ3v) is 5.52. The fourth-order valence-corrected chi connectivity index (χ4v) is 4.20. The number of hydrogen-bond acceptors (Lipinski definition) is 3. The largest absolute Gasteiger partial charge is 0.481 e. The minimum Gasteiger partial charge on any atom is -0.481 e. The first kappa shape index (κ1) is 15.0. The van der Waals surface area contributed by atoms with Crippen molar-refractivity contribution in [2.24, 2.45) is 11.3 Å². The van der Waals surface area contributed by atoms with Crippen molar-refractivity contribution in [3.8, 4) is 0 Å². The third-order valence-electron chi connectivity index (χ3n) is 5.52. The van der Waals surface area contributed by atoms with Gasteiger partial charge in [-0.05, 0) is 30.9 Å². The van der Waals surface area contributed by atoms with Gasteiger partial charge in [0.2, 0.25) is 0 Å². The molecule has 2 fully saturated rings. The summed E-state index contributed by atoms with van der Waals surface area (Å²) in [5, 5.41) is 16.8. The summed E-state index contributed by atoms with van der Waals surface area (Å²) in [6.45, 7) is 1.23. The topological polar surface area (TPSA) is 86.9 Å². The molecule has 7 nitrogen and oxygen atoms in total. The predicted octanol–water partition coefficient (Wildman–Crippen LogP) is 1.73. The number of nitrogens with one attached hydrogen (secondary N) is 1. The quantitative estimate of drug-likeness (QED) is 0.898. The number of aliphatic carboxylic acids is 1. The molecule has 1 aliphatic heterocycles. The molecule has 2 aliphatic rings. The fraction of sp³-hybridized carbons (Fsp3) is 0.471. The molecule has 1 saturated heterocycles. The minimum atomic E-state index is -0.761. The summed E-state index contributed by atoms with van der Waals surface area (Å²) in [6.07, 6.45) is 6.11. The van der Waals surface area contributed by atoms with Crippen LogP contribution in [0.2, 0.25) is 0 Å². The maximum Gasteiger partial charge on any atom is 0.317 e. The van der Waals surface area contributed by atoms with Crippen molar-refractivity contribution in [3.63, 3.8) is 0 Å². The van der Waals surface area contributed by atoms with Gasteiger partial charge in [0, 0.05) is 31.4 Å². The molecular weight excluding hydrogens is 308 g/mol.